The van der Waals surface area contributed by atoms with E-state index in [1.807, 2.05) is 0 Å². The molecule has 1 N–H and O–H groups in total. The largest absolute Gasteiger partial charge is 0.478 e. The SMILES string of the molecule is COCCCOc1ccc(C(=O)NC2CCN(CC(C)C)CC2)cn1. The number of amides is 1. The van der Waals surface area contributed by atoms with Crippen LogP contribution in [-0.2, 0) is 4.74 Å². The maximum atomic E-state index is 12.4. The van der Waals surface area contributed by atoms with Gasteiger partial charge in [-0.15, -0.1) is 0 Å². The summed E-state index contributed by atoms with van der Waals surface area (Å²) in [5.41, 5.74) is 0.578. The number of rotatable bonds is 9. The number of likely N-dealkylation sites (tertiary alicyclic amines) is 1. The molecule has 6 nitrogen and oxygen atoms in total. The van der Waals surface area contributed by atoms with Crippen LogP contribution in [0.15, 0.2) is 18.3 Å². The lowest BCUT2D eigenvalue weighted by Crippen LogP contribution is -2.45. The highest BCUT2D eigenvalue weighted by molar-refractivity contribution is 5.94. The second kappa shape index (κ2) is 10.4. The van der Waals surface area contributed by atoms with Crippen LogP contribution in [0.4, 0.5) is 0 Å². The summed E-state index contributed by atoms with van der Waals surface area (Å²) >= 11 is 0. The lowest BCUT2D eigenvalue weighted by Gasteiger charge is -2.33. The highest BCUT2D eigenvalue weighted by Gasteiger charge is 2.21. The third kappa shape index (κ3) is 7.00. The molecular weight excluding hydrogens is 318 g/mol. The number of hydrogen-bond donors (Lipinski definition) is 1. The number of ether oxygens (including phenoxy) is 2. The minimum absolute atomic E-state index is 0.0549. The molecule has 2 heterocycles. The van der Waals surface area contributed by atoms with Crippen molar-refractivity contribution in [1.29, 1.82) is 0 Å². The van der Waals surface area contributed by atoms with Gasteiger partial charge in [0, 0.05) is 58.1 Å². The molecule has 0 spiro atoms. The highest BCUT2D eigenvalue weighted by atomic mass is 16.5. The molecule has 6 heteroatoms. The molecule has 2 rings (SSSR count). The number of nitrogens with zero attached hydrogens (tertiary/aromatic N) is 2. The molecule has 140 valence electrons. The van der Waals surface area contributed by atoms with Crippen molar-refractivity contribution in [2.45, 2.75) is 39.2 Å². The summed E-state index contributed by atoms with van der Waals surface area (Å²) in [6.45, 7) is 8.94. The Balaban J connectivity index is 1.74. The number of hydrogen-bond acceptors (Lipinski definition) is 5. The molecule has 0 unspecified atom stereocenters. The molecule has 0 aliphatic carbocycles. The van der Waals surface area contributed by atoms with Crippen molar-refractivity contribution in [1.82, 2.24) is 15.2 Å². The van der Waals surface area contributed by atoms with Gasteiger partial charge in [0.2, 0.25) is 5.88 Å². The molecule has 0 aromatic carbocycles. The van der Waals surface area contributed by atoms with Crippen LogP contribution in [0, 0.1) is 5.92 Å². The Bertz CT molecular complexity index is 511. The smallest absolute Gasteiger partial charge is 0.253 e. The van der Waals surface area contributed by atoms with E-state index in [9.17, 15) is 4.79 Å². The zero-order valence-corrected chi connectivity index (χ0v) is 15.7. The summed E-state index contributed by atoms with van der Waals surface area (Å²) in [6, 6.07) is 3.76. The Morgan fingerprint density at radius 1 is 1.32 bits per heavy atom. The van der Waals surface area contributed by atoms with Crippen LogP contribution in [0.1, 0.15) is 43.5 Å². The van der Waals surface area contributed by atoms with Crippen LogP contribution in [0.3, 0.4) is 0 Å². The highest BCUT2D eigenvalue weighted by Crippen LogP contribution is 2.13. The van der Waals surface area contributed by atoms with E-state index in [2.05, 4.69) is 29.0 Å². The minimum atomic E-state index is -0.0549. The van der Waals surface area contributed by atoms with Crippen LogP contribution in [0.2, 0.25) is 0 Å². The summed E-state index contributed by atoms with van der Waals surface area (Å²) < 4.78 is 10.5. The molecule has 0 atom stereocenters. The standard InChI is InChI=1S/C19H31N3O3/c1-15(2)14-22-9-7-17(8-10-22)21-19(23)16-5-6-18(20-13-16)25-12-4-11-24-3/h5-6,13,15,17H,4,7-12,14H2,1-3H3,(H,21,23). The predicted octanol–water partition coefficient (Wildman–Crippen LogP) is 2.35. The van der Waals surface area contributed by atoms with E-state index < -0.39 is 0 Å². The van der Waals surface area contributed by atoms with Gasteiger partial charge in [0.15, 0.2) is 0 Å². The fourth-order valence-corrected chi connectivity index (χ4v) is 3.02. The first-order chi connectivity index (χ1) is 12.1. The summed E-state index contributed by atoms with van der Waals surface area (Å²) in [5, 5.41) is 3.13. The molecule has 0 radical (unpaired) electrons. The quantitative estimate of drug-likeness (QED) is 0.693. The third-order valence-electron chi connectivity index (χ3n) is 4.29. The van der Waals surface area contributed by atoms with Crippen molar-refractivity contribution in [2.24, 2.45) is 5.92 Å². The molecule has 0 saturated carbocycles. The average Bonchev–Trinajstić information content (AvgIpc) is 2.60. The lowest BCUT2D eigenvalue weighted by atomic mass is 10.0. The van der Waals surface area contributed by atoms with Crippen LogP contribution >= 0.6 is 0 Å². The molecule has 1 aromatic rings. The van der Waals surface area contributed by atoms with Gasteiger partial charge >= 0.3 is 0 Å². The first-order valence-electron chi connectivity index (χ1n) is 9.19. The van der Waals surface area contributed by atoms with Crippen molar-refractivity contribution >= 4 is 5.91 Å². The molecule has 1 aromatic heterocycles. The van der Waals surface area contributed by atoms with Crippen molar-refractivity contribution < 1.29 is 14.3 Å². The topological polar surface area (TPSA) is 63.7 Å². The monoisotopic (exact) mass is 349 g/mol. The Morgan fingerprint density at radius 2 is 2.08 bits per heavy atom. The van der Waals surface area contributed by atoms with E-state index in [4.69, 9.17) is 9.47 Å². The molecule has 1 aliphatic rings. The van der Waals surface area contributed by atoms with Gasteiger partial charge in [-0.2, -0.15) is 0 Å². The van der Waals surface area contributed by atoms with Crippen LogP contribution in [-0.4, -0.2) is 61.8 Å². The Kier molecular flexibility index (Phi) is 8.15. The van der Waals surface area contributed by atoms with Crippen molar-refractivity contribution in [2.75, 3.05) is 40.0 Å². The molecule has 1 fully saturated rings. The summed E-state index contributed by atoms with van der Waals surface area (Å²) in [7, 11) is 1.67. The summed E-state index contributed by atoms with van der Waals surface area (Å²) in [5.74, 6) is 1.17. The van der Waals surface area contributed by atoms with Gasteiger partial charge in [0.05, 0.1) is 12.2 Å². The average molecular weight is 349 g/mol. The van der Waals surface area contributed by atoms with Crippen molar-refractivity contribution in [3.05, 3.63) is 23.9 Å². The van der Waals surface area contributed by atoms with E-state index in [1.165, 1.54) is 0 Å². The van der Waals surface area contributed by atoms with Gasteiger partial charge < -0.3 is 19.7 Å². The van der Waals surface area contributed by atoms with Gasteiger partial charge in [-0.25, -0.2) is 4.98 Å². The minimum Gasteiger partial charge on any atom is -0.478 e. The van der Waals surface area contributed by atoms with Gasteiger partial charge in [0.25, 0.3) is 5.91 Å². The first kappa shape index (κ1) is 19.7. The van der Waals surface area contributed by atoms with Crippen LogP contribution in [0.5, 0.6) is 5.88 Å². The van der Waals surface area contributed by atoms with Gasteiger partial charge in [-0.05, 0) is 24.8 Å². The molecule has 1 amide bonds. The van der Waals surface area contributed by atoms with Gasteiger partial charge in [0.1, 0.15) is 0 Å². The van der Waals surface area contributed by atoms with E-state index in [-0.39, 0.29) is 11.9 Å². The van der Waals surface area contributed by atoms with Crippen LogP contribution in [0.25, 0.3) is 0 Å². The van der Waals surface area contributed by atoms with E-state index in [0.29, 0.717) is 30.6 Å². The number of pyridine rings is 1. The molecule has 0 bridgehead atoms. The summed E-state index contributed by atoms with van der Waals surface area (Å²) in [6.07, 6.45) is 4.41. The van der Waals surface area contributed by atoms with E-state index in [0.717, 1.165) is 38.9 Å². The Hall–Kier alpha value is -1.66. The molecule has 1 aliphatic heterocycles. The van der Waals surface area contributed by atoms with E-state index >= 15 is 0 Å². The molecule has 25 heavy (non-hydrogen) atoms. The number of methoxy groups -OCH3 is 1. The first-order valence-corrected chi connectivity index (χ1v) is 9.19. The zero-order chi connectivity index (χ0) is 18.1. The number of nitrogens with one attached hydrogen (secondary N) is 1. The number of carbonyl (C=O) groups is 1. The number of piperidine rings is 1. The normalized spacial score (nSPS) is 16.2. The Morgan fingerprint density at radius 3 is 2.68 bits per heavy atom. The fraction of sp³-hybridized carbons (Fsp3) is 0.684. The maximum Gasteiger partial charge on any atom is 0.253 e. The number of aromatic nitrogens is 1. The van der Waals surface area contributed by atoms with E-state index in [1.54, 1.807) is 25.4 Å². The zero-order valence-electron chi connectivity index (χ0n) is 15.7. The lowest BCUT2D eigenvalue weighted by molar-refractivity contribution is 0.0907. The molecule has 1 saturated heterocycles. The van der Waals surface area contributed by atoms with Gasteiger partial charge in [-0.1, -0.05) is 13.8 Å². The van der Waals surface area contributed by atoms with Crippen LogP contribution < -0.4 is 10.1 Å². The second-order valence-electron chi connectivity index (χ2n) is 7.02. The van der Waals surface area contributed by atoms with Crippen molar-refractivity contribution in [3.8, 4) is 5.88 Å². The van der Waals surface area contributed by atoms with Crippen molar-refractivity contribution in [3.63, 3.8) is 0 Å². The number of carbonyl (C=O) groups excluding carboxylic acids is 1. The Labute approximate surface area is 150 Å². The maximum absolute atomic E-state index is 12.4. The summed E-state index contributed by atoms with van der Waals surface area (Å²) in [4.78, 5) is 19.0. The van der Waals surface area contributed by atoms with Gasteiger partial charge in [-0.3, -0.25) is 4.79 Å². The fourth-order valence-electron chi connectivity index (χ4n) is 3.02. The second-order valence-corrected chi connectivity index (χ2v) is 7.02. The predicted molar refractivity (Wildman–Crippen MR) is 98.0 cm³/mol. The molecular formula is C19H31N3O3. The third-order valence-corrected chi connectivity index (χ3v) is 4.29.